The van der Waals surface area contributed by atoms with Crippen molar-refractivity contribution >= 4 is 0 Å². The second-order valence-electron chi connectivity index (χ2n) is 3.94. The van der Waals surface area contributed by atoms with Crippen LogP contribution in [0, 0.1) is 17.7 Å². The van der Waals surface area contributed by atoms with Gasteiger partial charge in [-0.2, -0.15) is 13.2 Å². The van der Waals surface area contributed by atoms with E-state index in [0.717, 1.165) is 6.07 Å². The molecule has 0 saturated carbocycles. The number of aliphatic hydroxyl groups excluding tert-OH is 1. The smallest absolute Gasteiger partial charge is 0.411 e. The Kier molecular flexibility index (Phi) is 6.99. The van der Waals surface area contributed by atoms with Gasteiger partial charge in [0, 0.05) is 12.0 Å². The van der Waals surface area contributed by atoms with Crippen LogP contribution in [-0.2, 0) is 4.74 Å². The average Bonchev–Trinajstić information content (AvgIpc) is 2.40. The molecule has 0 atom stereocenters. The van der Waals surface area contributed by atoms with Crippen molar-refractivity contribution < 1.29 is 32.1 Å². The fourth-order valence-corrected chi connectivity index (χ4v) is 1.31. The van der Waals surface area contributed by atoms with Gasteiger partial charge in [0.1, 0.15) is 13.2 Å². The Morgan fingerprint density at radius 2 is 1.95 bits per heavy atom. The molecule has 1 aromatic rings. The highest BCUT2D eigenvalue weighted by atomic mass is 19.4. The van der Waals surface area contributed by atoms with Crippen LogP contribution in [0.15, 0.2) is 18.2 Å². The lowest BCUT2D eigenvalue weighted by atomic mass is 10.2. The number of benzene rings is 1. The van der Waals surface area contributed by atoms with Crippen LogP contribution in [0.1, 0.15) is 12.0 Å². The molecule has 0 heterocycles. The molecule has 1 N–H and O–H groups in total. The third kappa shape index (κ3) is 7.54. The van der Waals surface area contributed by atoms with E-state index >= 15 is 0 Å². The van der Waals surface area contributed by atoms with Gasteiger partial charge in [0.05, 0.1) is 13.2 Å². The Balaban J connectivity index is 2.47. The first kappa shape index (κ1) is 17.3. The van der Waals surface area contributed by atoms with Gasteiger partial charge >= 0.3 is 6.18 Å². The van der Waals surface area contributed by atoms with Crippen LogP contribution in [0.4, 0.5) is 17.6 Å². The third-order valence-corrected chi connectivity index (χ3v) is 2.15. The van der Waals surface area contributed by atoms with Gasteiger partial charge in [-0.15, -0.1) is 0 Å². The molecule has 0 unspecified atom stereocenters. The zero-order valence-electron chi connectivity index (χ0n) is 11.0. The molecule has 0 fully saturated rings. The molecular formula is C14H14F4O3. The lowest BCUT2D eigenvalue weighted by Gasteiger charge is -2.09. The number of hydrogen-bond donors (Lipinski definition) is 1. The maximum atomic E-state index is 13.4. The first-order chi connectivity index (χ1) is 9.92. The summed E-state index contributed by atoms with van der Waals surface area (Å²) in [5.41, 5.74) is 0.482. The number of hydrogen-bond acceptors (Lipinski definition) is 3. The molecule has 0 aromatic heterocycles. The standard InChI is InChI=1S/C14H14F4O3/c15-12-5-4-11(3-1-2-6-19)9-13(12)21-8-7-20-10-14(16,17)18/h4-5,9,19H,2,6-8,10H2. The van der Waals surface area contributed by atoms with Gasteiger partial charge in [0.25, 0.3) is 0 Å². The highest BCUT2D eigenvalue weighted by Crippen LogP contribution is 2.18. The summed E-state index contributed by atoms with van der Waals surface area (Å²) in [4.78, 5) is 0. The van der Waals surface area contributed by atoms with E-state index in [1.165, 1.54) is 12.1 Å². The van der Waals surface area contributed by atoms with Gasteiger partial charge in [0.2, 0.25) is 0 Å². The number of rotatable bonds is 6. The summed E-state index contributed by atoms with van der Waals surface area (Å²) in [7, 11) is 0. The van der Waals surface area contributed by atoms with Crippen LogP contribution in [0.5, 0.6) is 5.75 Å². The average molecular weight is 306 g/mol. The van der Waals surface area contributed by atoms with E-state index in [-0.39, 0.29) is 25.6 Å². The van der Waals surface area contributed by atoms with E-state index in [0.29, 0.717) is 12.0 Å². The molecule has 1 aromatic carbocycles. The number of ether oxygens (including phenoxy) is 2. The Bertz CT molecular complexity index is 503. The molecule has 0 aliphatic rings. The van der Waals surface area contributed by atoms with Gasteiger partial charge in [-0.1, -0.05) is 11.8 Å². The molecule has 0 spiro atoms. The van der Waals surface area contributed by atoms with Crippen molar-refractivity contribution in [1.82, 2.24) is 0 Å². The van der Waals surface area contributed by atoms with Crippen molar-refractivity contribution in [3.05, 3.63) is 29.6 Å². The zero-order chi connectivity index (χ0) is 15.7. The van der Waals surface area contributed by atoms with E-state index in [9.17, 15) is 17.6 Å². The summed E-state index contributed by atoms with van der Waals surface area (Å²) in [5, 5.41) is 8.59. The molecule has 0 aliphatic heterocycles. The molecule has 0 amide bonds. The summed E-state index contributed by atoms with van der Waals surface area (Å²) >= 11 is 0. The van der Waals surface area contributed by atoms with Gasteiger partial charge in [-0.05, 0) is 18.2 Å². The quantitative estimate of drug-likeness (QED) is 0.499. The molecule has 0 aliphatic carbocycles. The minimum absolute atomic E-state index is 0.0753. The first-order valence-electron chi connectivity index (χ1n) is 6.09. The highest BCUT2D eigenvalue weighted by molar-refractivity contribution is 5.40. The summed E-state index contributed by atoms with van der Waals surface area (Å²) in [5.74, 6) is 4.61. The third-order valence-electron chi connectivity index (χ3n) is 2.15. The Morgan fingerprint density at radius 1 is 1.19 bits per heavy atom. The lowest BCUT2D eigenvalue weighted by molar-refractivity contribution is -0.175. The molecule has 116 valence electrons. The highest BCUT2D eigenvalue weighted by Gasteiger charge is 2.27. The van der Waals surface area contributed by atoms with Crippen LogP contribution < -0.4 is 4.74 Å². The topological polar surface area (TPSA) is 38.7 Å². The molecular weight excluding hydrogens is 292 g/mol. The van der Waals surface area contributed by atoms with Gasteiger partial charge in [-0.25, -0.2) is 4.39 Å². The Labute approximate surface area is 119 Å². The Morgan fingerprint density at radius 3 is 2.62 bits per heavy atom. The van der Waals surface area contributed by atoms with Gasteiger partial charge in [-0.3, -0.25) is 0 Å². The van der Waals surface area contributed by atoms with E-state index in [2.05, 4.69) is 16.6 Å². The van der Waals surface area contributed by atoms with Crippen molar-refractivity contribution in [1.29, 1.82) is 0 Å². The van der Waals surface area contributed by atoms with E-state index in [1.807, 2.05) is 0 Å². The number of aliphatic hydroxyl groups is 1. The van der Waals surface area contributed by atoms with Crippen LogP contribution in [-0.4, -0.2) is 37.7 Å². The summed E-state index contributed by atoms with van der Waals surface area (Å²) in [6, 6.07) is 3.92. The predicted octanol–water partition coefficient (Wildman–Crippen LogP) is 2.52. The van der Waals surface area contributed by atoms with E-state index in [4.69, 9.17) is 9.84 Å². The summed E-state index contributed by atoms with van der Waals surface area (Å²) in [6.07, 6.45) is -4.10. The van der Waals surface area contributed by atoms with Gasteiger partial charge in [0.15, 0.2) is 11.6 Å². The Hall–Kier alpha value is -1.78. The largest absolute Gasteiger partial charge is 0.488 e. The first-order valence-corrected chi connectivity index (χ1v) is 6.09. The van der Waals surface area contributed by atoms with Crippen LogP contribution in [0.2, 0.25) is 0 Å². The number of alkyl halides is 3. The monoisotopic (exact) mass is 306 g/mol. The second-order valence-corrected chi connectivity index (χ2v) is 3.94. The SMILES string of the molecule is OCCC#Cc1ccc(F)c(OCCOCC(F)(F)F)c1. The number of halogens is 4. The fourth-order valence-electron chi connectivity index (χ4n) is 1.31. The summed E-state index contributed by atoms with van der Waals surface area (Å²) in [6.45, 7) is -1.96. The van der Waals surface area contributed by atoms with Gasteiger partial charge < -0.3 is 14.6 Å². The van der Waals surface area contributed by atoms with Crippen LogP contribution in [0.25, 0.3) is 0 Å². The molecule has 0 bridgehead atoms. The predicted molar refractivity (Wildman–Crippen MR) is 67.3 cm³/mol. The molecule has 1 rings (SSSR count). The molecule has 7 heteroatoms. The van der Waals surface area contributed by atoms with Crippen molar-refractivity contribution in [2.45, 2.75) is 12.6 Å². The molecule has 3 nitrogen and oxygen atoms in total. The van der Waals surface area contributed by atoms with E-state index in [1.54, 1.807) is 0 Å². The van der Waals surface area contributed by atoms with Crippen molar-refractivity contribution in [3.8, 4) is 17.6 Å². The minimum Gasteiger partial charge on any atom is -0.488 e. The second kappa shape index (κ2) is 8.49. The maximum absolute atomic E-state index is 13.4. The van der Waals surface area contributed by atoms with Crippen molar-refractivity contribution in [2.75, 3.05) is 26.4 Å². The van der Waals surface area contributed by atoms with Crippen molar-refractivity contribution in [2.24, 2.45) is 0 Å². The summed E-state index contributed by atoms with van der Waals surface area (Å²) < 4.78 is 58.2. The zero-order valence-corrected chi connectivity index (χ0v) is 11.0. The van der Waals surface area contributed by atoms with Crippen molar-refractivity contribution in [3.63, 3.8) is 0 Å². The lowest BCUT2D eigenvalue weighted by Crippen LogP contribution is -2.19. The molecule has 21 heavy (non-hydrogen) atoms. The normalized spacial score (nSPS) is 10.9. The fraction of sp³-hybridized carbons (Fsp3) is 0.429. The van der Waals surface area contributed by atoms with E-state index < -0.39 is 18.6 Å². The minimum atomic E-state index is -4.40. The van der Waals surface area contributed by atoms with Crippen LogP contribution >= 0.6 is 0 Å². The molecule has 0 radical (unpaired) electrons. The maximum Gasteiger partial charge on any atom is 0.411 e. The van der Waals surface area contributed by atoms with Crippen LogP contribution in [0.3, 0.4) is 0 Å². The molecule has 0 saturated heterocycles.